The van der Waals surface area contributed by atoms with Crippen molar-refractivity contribution in [2.75, 3.05) is 26.0 Å². The predicted molar refractivity (Wildman–Crippen MR) is 172 cm³/mol. The van der Waals surface area contributed by atoms with E-state index in [4.69, 9.17) is 9.47 Å². The summed E-state index contributed by atoms with van der Waals surface area (Å²) in [7, 11) is 0. The number of rotatable bonds is 11. The number of piperidine rings is 1. The van der Waals surface area contributed by atoms with E-state index in [1.807, 2.05) is 54.3 Å². The van der Waals surface area contributed by atoms with Crippen molar-refractivity contribution in [3.63, 3.8) is 0 Å². The summed E-state index contributed by atoms with van der Waals surface area (Å²) in [6.45, 7) is 9.64. The lowest BCUT2D eigenvalue weighted by atomic mass is 9.91. The van der Waals surface area contributed by atoms with Gasteiger partial charge in [-0.25, -0.2) is 0 Å². The fourth-order valence-corrected chi connectivity index (χ4v) is 6.47. The van der Waals surface area contributed by atoms with Gasteiger partial charge in [-0.2, -0.15) is 0 Å². The Kier molecular flexibility index (Phi) is 11.8. The van der Waals surface area contributed by atoms with E-state index in [1.165, 1.54) is 11.8 Å². The zero-order chi connectivity index (χ0) is 32.0. The Morgan fingerprint density at radius 1 is 1.05 bits per heavy atom. The molecule has 0 saturated carbocycles. The molecule has 2 aliphatic rings. The van der Waals surface area contributed by atoms with Gasteiger partial charge in [0, 0.05) is 19.5 Å². The van der Waals surface area contributed by atoms with Crippen LogP contribution in [0.15, 0.2) is 42.5 Å². The molecule has 0 aromatic heterocycles. The highest BCUT2D eigenvalue weighted by Crippen LogP contribution is 2.36. The van der Waals surface area contributed by atoms with Crippen LogP contribution in [0.3, 0.4) is 0 Å². The number of aliphatic hydroxyl groups is 3. The molecular weight excluding hydrogens is 580 g/mol. The van der Waals surface area contributed by atoms with Gasteiger partial charge in [0.05, 0.1) is 6.61 Å². The Morgan fingerprint density at radius 2 is 1.73 bits per heavy atom. The molecule has 0 bridgehead atoms. The van der Waals surface area contributed by atoms with Gasteiger partial charge in [-0.15, -0.1) is 11.8 Å². The molecule has 4 rings (SSSR count). The van der Waals surface area contributed by atoms with E-state index < -0.39 is 35.4 Å². The molecule has 2 saturated heterocycles. The Morgan fingerprint density at radius 3 is 2.39 bits per heavy atom. The van der Waals surface area contributed by atoms with Crippen molar-refractivity contribution in [3.8, 4) is 5.75 Å². The molecule has 4 N–H and O–H groups in total. The first-order valence-corrected chi connectivity index (χ1v) is 16.8. The number of likely N-dealkylation sites (tertiary alicyclic amines) is 1. The van der Waals surface area contributed by atoms with Crippen LogP contribution in [0, 0.1) is 12.8 Å². The molecule has 2 aromatic carbocycles. The summed E-state index contributed by atoms with van der Waals surface area (Å²) in [4.78, 5) is 27.4. The van der Waals surface area contributed by atoms with E-state index >= 15 is 0 Å². The van der Waals surface area contributed by atoms with E-state index in [1.54, 1.807) is 20.1 Å². The van der Waals surface area contributed by atoms with Crippen LogP contribution in [0.4, 0.5) is 0 Å². The second kappa shape index (κ2) is 15.1. The van der Waals surface area contributed by atoms with Crippen molar-refractivity contribution in [2.45, 2.75) is 95.2 Å². The summed E-state index contributed by atoms with van der Waals surface area (Å²) in [5, 5.41) is 34.0. The first kappa shape index (κ1) is 34.2. The number of carbonyl (C=O) groups is 2. The number of nitrogens with one attached hydrogen (secondary N) is 1. The molecule has 2 heterocycles. The molecule has 242 valence electrons. The van der Waals surface area contributed by atoms with Gasteiger partial charge in [-0.3, -0.25) is 9.59 Å². The zero-order valence-corrected chi connectivity index (χ0v) is 27.3. The van der Waals surface area contributed by atoms with Crippen molar-refractivity contribution in [1.82, 2.24) is 10.2 Å². The average molecular weight is 629 g/mol. The molecule has 0 radical (unpaired) electrons. The summed E-state index contributed by atoms with van der Waals surface area (Å²) in [6.07, 6.45) is 0.831. The third-order valence-corrected chi connectivity index (χ3v) is 9.55. The number of hydrogen-bond acceptors (Lipinski definition) is 8. The monoisotopic (exact) mass is 628 g/mol. The lowest BCUT2D eigenvalue weighted by molar-refractivity contribution is -0.200. The minimum atomic E-state index is -1.29. The summed E-state index contributed by atoms with van der Waals surface area (Å²) >= 11 is 1.30. The third kappa shape index (κ3) is 8.54. The first-order chi connectivity index (χ1) is 20.9. The molecule has 0 spiro atoms. The fourth-order valence-electron chi connectivity index (χ4n) is 5.79. The Hall–Kier alpha value is -2.63. The van der Waals surface area contributed by atoms with Crippen molar-refractivity contribution < 1.29 is 34.4 Å². The average Bonchev–Trinajstić information content (AvgIpc) is 3.00. The number of aliphatic hydroxyl groups excluding tert-OH is 3. The van der Waals surface area contributed by atoms with E-state index in [2.05, 4.69) is 12.2 Å². The van der Waals surface area contributed by atoms with E-state index in [-0.39, 0.29) is 18.2 Å². The zero-order valence-electron chi connectivity index (χ0n) is 26.5. The number of nitrogens with zero attached hydrogens (tertiary/aromatic N) is 1. The maximum Gasteiger partial charge on any atom is 0.247 e. The number of aryl methyl sites for hydroxylation is 1. The maximum atomic E-state index is 12.9. The maximum absolute atomic E-state index is 12.9. The van der Waals surface area contributed by atoms with Crippen molar-refractivity contribution in [2.24, 2.45) is 5.92 Å². The largest absolute Gasteiger partial charge is 0.494 e. The van der Waals surface area contributed by atoms with Crippen LogP contribution >= 0.6 is 11.8 Å². The second-order valence-electron chi connectivity index (χ2n) is 12.7. The van der Waals surface area contributed by atoms with Crippen LogP contribution in [0.2, 0.25) is 0 Å². The molecule has 2 fully saturated rings. The van der Waals surface area contributed by atoms with Gasteiger partial charge in [-0.1, -0.05) is 37.3 Å². The standard InChI is InChI=1S/C34H48N2O7S/c1-21-14-16-36(17-15-21)33(41)34(3,4)35-27(37)7-6-18-42-26-12-9-23(10-13-26)19-25-20-24(11-8-22(25)2)31-29(39)28(38)30(40)32(43-31)44-5/h8-13,20-21,28-32,38-40H,6-7,14-19H2,1-5H3,(H,35,37)/t28-,29-,30+,31+,32-/m1/s1. The summed E-state index contributed by atoms with van der Waals surface area (Å²) in [6, 6.07) is 13.7. The Labute approximate surface area is 265 Å². The van der Waals surface area contributed by atoms with Crippen LogP contribution in [-0.4, -0.2) is 87.3 Å². The molecular formula is C34H48N2O7S. The molecule has 2 aliphatic heterocycles. The van der Waals surface area contributed by atoms with E-state index in [9.17, 15) is 24.9 Å². The van der Waals surface area contributed by atoms with Crippen LogP contribution in [-0.2, 0) is 20.7 Å². The van der Waals surface area contributed by atoms with Crippen molar-refractivity contribution in [3.05, 3.63) is 64.7 Å². The van der Waals surface area contributed by atoms with E-state index in [0.29, 0.717) is 31.1 Å². The summed E-state index contributed by atoms with van der Waals surface area (Å²) in [5.41, 5.74) is 2.42. The van der Waals surface area contributed by atoms with Gasteiger partial charge < -0.3 is 35.0 Å². The SMILES string of the molecule is CS[C@H]1O[C@@H](c2ccc(C)c(Cc3ccc(OCCCC(=O)NC(C)(C)C(=O)N4CCC(C)CC4)cc3)c2)[C@H](O)[C@@H](O)[C@@H]1O. The van der Waals surface area contributed by atoms with Crippen LogP contribution in [0.1, 0.15) is 74.8 Å². The highest BCUT2D eigenvalue weighted by Gasteiger charge is 2.44. The van der Waals surface area contributed by atoms with E-state index in [0.717, 1.165) is 48.2 Å². The smallest absolute Gasteiger partial charge is 0.247 e. The van der Waals surface area contributed by atoms with Gasteiger partial charge in [0.15, 0.2) is 0 Å². The number of thioether (sulfide) groups is 1. The van der Waals surface area contributed by atoms with Crippen LogP contribution < -0.4 is 10.1 Å². The lowest BCUT2D eigenvalue weighted by Gasteiger charge is -2.40. The fraction of sp³-hybridized carbons (Fsp3) is 0.588. The quantitative estimate of drug-likeness (QED) is 0.277. The van der Waals surface area contributed by atoms with Crippen LogP contribution in [0.25, 0.3) is 0 Å². The number of hydrogen-bond donors (Lipinski definition) is 4. The van der Waals surface area contributed by atoms with Crippen LogP contribution in [0.5, 0.6) is 5.75 Å². The normalized spacial score (nSPS) is 24.6. The van der Waals surface area contributed by atoms with Gasteiger partial charge in [-0.05, 0) is 93.0 Å². The topological polar surface area (TPSA) is 129 Å². The molecule has 0 unspecified atom stereocenters. The number of ether oxygens (including phenoxy) is 2. The number of amides is 2. The molecule has 10 heteroatoms. The lowest BCUT2D eigenvalue weighted by Crippen LogP contribution is -2.57. The molecule has 44 heavy (non-hydrogen) atoms. The Bertz CT molecular complexity index is 1260. The van der Waals surface area contributed by atoms with Crippen molar-refractivity contribution in [1.29, 1.82) is 0 Å². The van der Waals surface area contributed by atoms with Gasteiger partial charge in [0.2, 0.25) is 11.8 Å². The molecule has 0 aliphatic carbocycles. The minimum absolute atomic E-state index is 0.0289. The highest BCUT2D eigenvalue weighted by atomic mass is 32.2. The predicted octanol–water partition coefficient (Wildman–Crippen LogP) is 3.74. The summed E-state index contributed by atoms with van der Waals surface area (Å²) < 4.78 is 11.8. The minimum Gasteiger partial charge on any atom is -0.494 e. The number of benzene rings is 2. The van der Waals surface area contributed by atoms with Crippen molar-refractivity contribution >= 4 is 23.6 Å². The second-order valence-corrected chi connectivity index (χ2v) is 13.7. The van der Waals surface area contributed by atoms with Gasteiger partial charge in [0.25, 0.3) is 0 Å². The molecule has 5 atom stereocenters. The molecule has 9 nitrogen and oxygen atoms in total. The first-order valence-electron chi connectivity index (χ1n) is 15.5. The molecule has 2 aromatic rings. The van der Waals surface area contributed by atoms with Gasteiger partial charge in [0.1, 0.15) is 41.1 Å². The third-order valence-electron chi connectivity index (χ3n) is 8.70. The summed E-state index contributed by atoms with van der Waals surface area (Å²) in [5.74, 6) is 1.15. The molecule has 2 amide bonds. The Balaban J connectivity index is 1.25. The number of carbonyl (C=O) groups excluding carboxylic acids is 2. The van der Waals surface area contributed by atoms with Gasteiger partial charge >= 0.3 is 0 Å². The highest BCUT2D eigenvalue weighted by molar-refractivity contribution is 7.99.